The first-order chi connectivity index (χ1) is 20.9. The molecule has 0 N–H and O–H groups in total. The zero-order valence-corrected chi connectivity index (χ0v) is 28.6. The minimum absolute atomic E-state index is 0.0309. The van der Waals surface area contributed by atoms with Crippen LogP contribution in [-0.2, 0) is 11.2 Å². The molecular formula is C34H46F8O3S. The lowest BCUT2D eigenvalue weighted by Gasteiger charge is -2.32. The van der Waals surface area contributed by atoms with Crippen LogP contribution in [0.2, 0.25) is 0 Å². The third-order valence-corrected chi connectivity index (χ3v) is 9.39. The van der Waals surface area contributed by atoms with Gasteiger partial charge in [-0.25, -0.2) is 8.78 Å². The summed E-state index contributed by atoms with van der Waals surface area (Å²) in [7, 11) is 0. The maximum absolute atomic E-state index is 14.7. The van der Waals surface area contributed by atoms with Crippen molar-refractivity contribution in [3.05, 3.63) is 58.2 Å². The van der Waals surface area contributed by atoms with E-state index >= 15 is 0 Å². The van der Waals surface area contributed by atoms with E-state index < -0.39 is 68.3 Å². The Morgan fingerprint density at radius 1 is 0.609 bits per heavy atom. The summed E-state index contributed by atoms with van der Waals surface area (Å²) in [6.45, 7) is 14.3. The standard InChI is InChI=1S/C34H46F8O3S/c1-21-17-25(35)27(44-15-11-9-13-31(3,4)5)19-23(21)29(33(37,38)39)46(43)30(34(40,41)42)24-20-28(26(36)18-22(24)2)45-16-12-10-14-32(6,7)8/h17-20,29-30H,9-16H2,1-8H3. The van der Waals surface area contributed by atoms with Gasteiger partial charge in [-0.2, -0.15) is 26.3 Å². The number of benzene rings is 2. The van der Waals surface area contributed by atoms with E-state index in [0.717, 1.165) is 38.8 Å². The summed E-state index contributed by atoms with van der Waals surface area (Å²) < 4.78 is 141. The Labute approximate surface area is 270 Å². The van der Waals surface area contributed by atoms with E-state index in [1.54, 1.807) is 0 Å². The molecule has 0 bridgehead atoms. The molecule has 3 nitrogen and oxygen atoms in total. The Bertz CT molecular complexity index is 1180. The number of alkyl halides is 6. The maximum Gasteiger partial charge on any atom is 0.440 e. The second-order valence-corrected chi connectivity index (χ2v) is 15.8. The van der Waals surface area contributed by atoms with Crippen molar-refractivity contribution in [1.29, 1.82) is 0 Å². The molecule has 2 rings (SSSR count). The monoisotopic (exact) mass is 686 g/mol. The van der Waals surface area contributed by atoms with Crippen LogP contribution in [0.25, 0.3) is 0 Å². The van der Waals surface area contributed by atoms with Gasteiger partial charge in [0.25, 0.3) is 0 Å². The normalized spacial score (nSPS) is 15.1. The summed E-state index contributed by atoms with van der Waals surface area (Å²) in [5, 5.41) is -6.32. The fourth-order valence-corrected chi connectivity index (χ4v) is 6.81. The summed E-state index contributed by atoms with van der Waals surface area (Å²) in [6.07, 6.45) is -6.89. The third kappa shape index (κ3) is 12.1. The molecule has 2 aromatic rings. The van der Waals surface area contributed by atoms with Gasteiger partial charge in [0, 0.05) is 11.1 Å². The molecule has 2 atom stereocenters. The lowest BCUT2D eigenvalue weighted by Crippen LogP contribution is -2.38. The molecule has 0 spiro atoms. The summed E-state index contributed by atoms with van der Waals surface area (Å²) in [4.78, 5) is 0. The molecule has 2 aromatic carbocycles. The van der Waals surface area contributed by atoms with Gasteiger partial charge >= 0.3 is 12.4 Å². The van der Waals surface area contributed by atoms with Gasteiger partial charge in [-0.15, -0.1) is 0 Å². The van der Waals surface area contributed by atoms with Gasteiger partial charge in [0.2, 0.25) is 10.5 Å². The summed E-state index contributed by atoms with van der Waals surface area (Å²) >= 11 is -3.73. The van der Waals surface area contributed by atoms with Gasteiger partial charge < -0.3 is 14.0 Å². The highest BCUT2D eigenvalue weighted by Crippen LogP contribution is 2.52. The predicted octanol–water partition coefficient (Wildman–Crippen LogP) is 11.4. The average molecular weight is 687 g/mol. The van der Waals surface area contributed by atoms with E-state index in [-0.39, 0.29) is 35.2 Å². The predicted molar refractivity (Wildman–Crippen MR) is 166 cm³/mol. The molecule has 0 fully saturated rings. The molecule has 0 saturated carbocycles. The van der Waals surface area contributed by atoms with Gasteiger partial charge in [0.05, 0.1) is 13.2 Å². The van der Waals surface area contributed by atoms with Crippen LogP contribution in [0.4, 0.5) is 35.1 Å². The van der Waals surface area contributed by atoms with Crippen LogP contribution in [0.1, 0.15) is 113 Å². The Morgan fingerprint density at radius 2 is 0.935 bits per heavy atom. The Morgan fingerprint density at radius 3 is 1.22 bits per heavy atom. The molecule has 0 amide bonds. The van der Waals surface area contributed by atoms with Crippen LogP contribution < -0.4 is 9.47 Å². The highest BCUT2D eigenvalue weighted by molar-refractivity contribution is 7.92. The minimum Gasteiger partial charge on any atom is -0.615 e. The first kappa shape index (κ1) is 40.0. The Kier molecular flexibility index (Phi) is 13.7. The fourth-order valence-electron chi connectivity index (χ4n) is 5.00. The molecule has 0 radical (unpaired) electrons. The Hall–Kier alpha value is -2.21. The van der Waals surface area contributed by atoms with Gasteiger partial charge in [0.1, 0.15) is 0 Å². The van der Waals surface area contributed by atoms with E-state index in [1.807, 2.05) is 41.5 Å². The number of hydrogen-bond acceptors (Lipinski definition) is 3. The first-order valence-corrected chi connectivity index (χ1v) is 16.6. The Balaban J connectivity index is 2.47. The van der Waals surface area contributed by atoms with Gasteiger partial charge in [-0.3, -0.25) is 0 Å². The molecule has 262 valence electrons. The minimum atomic E-state index is -5.43. The second kappa shape index (κ2) is 15.8. The summed E-state index contributed by atoms with van der Waals surface area (Å²) in [5.41, 5.74) is -2.23. The molecule has 0 aromatic heterocycles. The van der Waals surface area contributed by atoms with E-state index in [2.05, 4.69) is 0 Å². The average Bonchev–Trinajstić information content (AvgIpc) is 2.85. The SMILES string of the molecule is Cc1cc(F)c(OCCCCC(C)(C)C)cc1C([S+]([O-])C(c1cc(OCCCCC(C)(C)C)c(F)cc1C)C(F)(F)F)C(F)(F)F. The lowest BCUT2D eigenvalue weighted by atomic mass is 9.90. The number of aryl methyl sites for hydroxylation is 2. The van der Waals surface area contributed by atoms with Crippen LogP contribution >= 0.6 is 0 Å². The molecule has 46 heavy (non-hydrogen) atoms. The fraction of sp³-hybridized carbons (Fsp3) is 0.647. The molecule has 12 heteroatoms. The number of unbranched alkanes of at least 4 members (excludes halogenated alkanes) is 2. The highest BCUT2D eigenvalue weighted by atomic mass is 32.2. The van der Waals surface area contributed by atoms with Crippen LogP contribution in [-0.4, -0.2) is 30.1 Å². The van der Waals surface area contributed by atoms with Crippen molar-refractivity contribution >= 4 is 11.2 Å². The molecule has 0 aliphatic rings. The van der Waals surface area contributed by atoms with Gasteiger partial charge in [-0.05, 0) is 110 Å². The molecule has 0 heterocycles. The van der Waals surface area contributed by atoms with Gasteiger partial charge in [0.15, 0.2) is 23.1 Å². The lowest BCUT2D eigenvalue weighted by molar-refractivity contribution is -0.140. The van der Waals surface area contributed by atoms with Gasteiger partial charge in [-0.1, -0.05) is 41.5 Å². The second-order valence-electron chi connectivity index (χ2n) is 14.2. The molecule has 2 unspecified atom stereocenters. The molecular weight excluding hydrogens is 640 g/mol. The molecule has 0 saturated heterocycles. The van der Waals surface area contributed by atoms with Crippen LogP contribution in [0, 0.1) is 36.3 Å². The largest absolute Gasteiger partial charge is 0.615 e. The summed E-state index contributed by atoms with van der Waals surface area (Å²) in [5.74, 6) is -3.14. The van der Waals surface area contributed by atoms with E-state index in [1.165, 1.54) is 0 Å². The number of rotatable bonds is 14. The van der Waals surface area contributed by atoms with Crippen molar-refractivity contribution in [3.63, 3.8) is 0 Å². The number of ether oxygens (including phenoxy) is 2. The smallest absolute Gasteiger partial charge is 0.440 e. The zero-order valence-electron chi connectivity index (χ0n) is 27.8. The zero-order chi connectivity index (χ0) is 35.3. The van der Waals surface area contributed by atoms with E-state index in [0.29, 0.717) is 37.8 Å². The van der Waals surface area contributed by atoms with Crippen LogP contribution in [0.15, 0.2) is 24.3 Å². The van der Waals surface area contributed by atoms with E-state index in [9.17, 15) is 39.7 Å². The maximum atomic E-state index is 14.7. The molecule has 0 aliphatic carbocycles. The number of hydrogen-bond donors (Lipinski definition) is 0. The molecule has 0 aliphatic heterocycles. The van der Waals surface area contributed by atoms with Crippen LogP contribution in [0.5, 0.6) is 11.5 Å². The van der Waals surface area contributed by atoms with Crippen molar-refractivity contribution < 1.29 is 49.1 Å². The third-order valence-electron chi connectivity index (χ3n) is 7.42. The van der Waals surface area contributed by atoms with Crippen molar-refractivity contribution in [2.24, 2.45) is 10.8 Å². The van der Waals surface area contributed by atoms with Crippen molar-refractivity contribution in [3.8, 4) is 11.5 Å². The first-order valence-electron chi connectivity index (χ1n) is 15.3. The van der Waals surface area contributed by atoms with Crippen molar-refractivity contribution in [1.82, 2.24) is 0 Å². The van der Waals surface area contributed by atoms with Crippen molar-refractivity contribution in [2.75, 3.05) is 13.2 Å². The highest BCUT2D eigenvalue weighted by Gasteiger charge is 2.60. The van der Waals surface area contributed by atoms with E-state index in [4.69, 9.17) is 9.47 Å². The van der Waals surface area contributed by atoms with Crippen LogP contribution in [0.3, 0.4) is 0 Å². The number of halogens is 8. The van der Waals surface area contributed by atoms with Crippen molar-refractivity contribution in [2.45, 2.75) is 117 Å². The quantitative estimate of drug-likeness (QED) is 0.113. The topological polar surface area (TPSA) is 41.5 Å². The summed E-state index contributed by atoms with van der Waals surface area (Å²) in [6, 6.07) is 2.82.